The number of para-hydroxylation sites is 1. The van der Waals surface area contributed by atoms with E-state index < -0.39 is 0 Å². The summed E-state index contributed by atoms with van der Waals surface area (Å²) in [6, 6.07) is 14.2. The van der Waals surface area contributed by atoms with Crippen molar-refractivity contribution in [2.24, 2.45) is 4.99 Å². The fourth-order valence-corrected chi connectivity index (χ4v) is 3.91. The molecule has 0 bridgehead atoms. The Hall–Kier alpha value is -1.69. The first-order valence-electron chi connectivity index (χ1n) is 7.30. The fraction of sp³-hybridized carbons (Fsp3) is 0.0556. The van der Waals surface area contributed by atoms with Crippen LogP contribution in [0.25, 0.3) is 0 Å². The second-order valence-corrected chi connectivity index (χ2v) is 7.51. The smallest absolute Gasteiger partial charge is 0.124 e. The summed E-state index contributed by atoms with van der Waals surface area (Å²) in [5, 5.41) is 1.51. The molecule has 1 aliphatic rings. The third-order valence-corrected chi connectivity index (χ3v) is 5.60. The molecule has 3 nitrogen and oxygen atoms in total. The van der Waals surface area contributed by atoms with Crippen molar-refractivity contribution in [1.29, 1.82) is 0 Å². The first-order valence-corrected chi connectivity index (χ1v) is 9.29. The van der Waals surface area contributed by atoms with E-state index in [2.05, 4.69) is 32.0 Å². The number of aromatic nitrogens is 2. The van der Waals surface area contributed by atoms with Crippen LogP contribution in [0.4, 0.5) is 5.69 Å². The second kappa shape index (κ2) is 6.67. The Balaban J connectivity index is 1.66. The van der Waals surface area contributed by atoms with E-state index in [1.165, 1.54) is 17.3 Å². The van der Waals surface area contributed by atoms with Gasteiger partial charge in [0.05, 0.1) is 28.8 Å². The Kier molecular flexibility index (Phi) is 4.39. The maximum Gasteiger partial charge on any atom is 0.124 e. The normalized spacial score (nSPS) is 12.8. The Bertz CT molecular complexity index is 941. The lowest BCUT2D eigenvalue weighted by molar-refractivity contribution is 1.03. The third-order valence-electron chi connectivity index (χ3n) is 3.69. The van der Waals surface area contributed by atoms with Crippen molar-refractivity contribution in [2.75, 3.05) is 0 Å². The van der Waals surface area contributed by atoms with Crippen LogP contribution in [0.15, 0.2) is 74.4 Å². The van der Waals surface area contributed by atoms with Gasteiger partial charge in [0.25, 0.3) is 0 Å². The zero-order valence-electron chi connectivity index (χ0n) is 12.4. The number of hydrogen-bond acceptors (Lipinski definition) is 4. The Labute approximate surface area is 157 Å². The highest BCUT2D eigenvalue weighted by atomic mass is 79.9. The van der Waals surface area contributed by atoms with E-state index in [9.17, 15) is 0 Å². The minimum Gasteiger partial charge on any atom is -0.252 e. The lowest BCUT2D eigenvalue weighted by atomic mass is 10.0. The molecule has 4 rings (SSSR count). The van der Waals surface area contributed by atoms with E-state index in [1.54, 1.807) is 12.4 Å². The zero-order chi connectivity index (χ0) is 16.5. The number of fused-ring (bicyclic) bond motifs is 1. The SMILES string of the molecule is Clc1c(Sc2cnc(Br)cn2)cccc1C1=Nc2ccccc2C1. The Morgan fingerprint density at radius 2 is 1.88 bits per heavy atom. The van der Waals surface area contributed by atoms with Crippen molar-refractivity contribution in [3.05, 3.63) is 75.6 Å². The first kappa shape index (κ1) is 15.8. The average molecular weight is 417 g/mol. The molecule has 3 aromatic rings. The van der Waals surface area contributed by atoms with Gasteiger partial charge in [-0.3, -0.25) is 4.99 Å². The van der Waals surface area contributed by atoms with Gasteiger partial charge in [-0.15, -0.1) is 0 Å². The van der Waals surface area contributed by atoms with E-state index in [0.717, 1.165) is 33.3 Å². The fourth-order valence-electron chi connectivity index (χ4n) is 2.57. The van der Waals surface area contributed by atoms with E-state index in [-0.39, 0.29) is 0 Å². The molecule has 2 aromatic carbocycles. The van der Waals surface area contributed by atoms with Gasteiger partial charge in [-0.05, 0) is 33.6 Å². The van der Waals surface area contributed by atoms with Crippen molar-refractivity contribution in [2.45, 2.75) is 16.3 Å². The maximum atomic E-state index is 6.65. The van der Waals surface area contributed by atoms with Gasteiger partial charge in [0.1, 0.15) is 9.63 Å². The van der Waals surface area contributed by atoms with Crippen molar-refractivity contribution in [3.63, 3.8) is 0 Å². The Morgan fingerprint density at radius 3 is 2.67 bits per heavy atom. The highest BCUT2D eigenvalue weighted by Gasteiger charge is 2.19. The number of benzene rings is 2. The number of aliphatic imine (C=N–C) groups is 1. The molecule has 0 saturated heterocycles. The molecule has 1 aromatic heterocycles. The second-order valence-electron chi connectivity index (χ2n) is 5.26. The minimum atomic E-state index is 0.707. The predicted molar refractivity (Wildman–Crippen MR) is 102 cm³/mol. The summed E-state index contributed by atoms with van der Waals surface area (Å²) < 4.78 is 0.713. The molecule has 0 N–H and O–H groups in total. The van der Waals surface area contributed by atoms with Crippen molar-refractivity contribution < 1.29 is 0 Å². The van der Waals surface area contributed by atoms with Gasteiger partial charge >= 0.3 is 0 Å². The van der Waals surface area contributed by atoms with Crippen molar-refractivity contribution >= 4 is 50.7 Å². The monoisotopic (exact) mass is 415 g/mol. The van der Waals surface area contributed by atoms with Crippen LogP contribution in [0.1, 0.15) is 11.1 Å². The molecule has 2 heterocycles. The summed E-state index contributed by atoms with van der Waals surface area (Å²) in [6.07, 6.45) is 4.21. The van der Waals surface area contributed by atoms with Gasteiger partial charge in [-0.25, -0.2) is 9.97 Å². The predicted octanol–water partition coefficient (Wildman–Crippen LogP) is 5.72. The van der Waals surface area contributed by atoms with Crippen LogP contribution in [0.5, 0.6) is 0 Å². The van der Waals surface area contributed by atoms with Crippen LogP contribution in [0.2, 0.25) is 5.02 Å². The van der Waals surface area contributed by atoms with Crippen LogP contribution in [-0.2, 0) is 6.42 Å². The summed E-state index contributed by atoms with van der Waals surface area (Å²) in [6.45, 7) is 0. The molecule has 0 saturated carbocycles. The van der Waals surface area contributed by atoms with Gasteiger partial charge in [0.15, 0.2) is 0 Å². The molecule has 0 fully saturated rings. The molecule has 0 spiro atoms. The number of nitrogens with zero attached hydrogens (tertiary/aromatic N) is 3. The minimum absolute atomic E-state index is 0.707. The van der Waals surface area contributed by atoms with Gasteiger partial charge in [0.2, 0.25) is 0 Å². The molecule has 0 unspecified atom stereocenters. The molecule has 0 radical (unpaired) electrons. The van der Waals surface area contributed by atoms with Crippen molar-refractivity contribution in [1.82, 2.24) is 9.97 Å². The first-order chi connectivity index (χ1) is 11.7. The van der Waals surface area contributed by atoms with Gasteiger partial charge in [0, 0.05) is 16.9 Å². The molecular weight excluding hydrogens is 406 g/mol. The standard InChI is InChI=1S/C18H11BrClN3S/c19-16-9-22-17(10-21-16)24-15-7-3-5-12(18(15)20)14-8-11-4-1-2-6-13(11)23-14/h1-7,9-10H,8H2. The average Bonchev–Trinajstić information content (AvgIpc) is 3.02. The van der Waals surface area contributed by atoms with E-state index in [0.29, 0.717) is 9.63 Å². The highest BCUT2D eigenvalue weighted by molar-refractivity contribution is 9.10. The lowest BCUT2D eigenvalue weighted by Crippen LogP contribution is -2.02. The van der Waals surface area contributed by atoms with Gasteiger partial charge < -0.3 is 0 Å². The van der Waals surface area contributed by atoms with Crippen LogP contribution < -0.4 is 0 Å². The van der Waals surface area contributed by atoms with Gasteiger partial charge in [-0.2, -0.15) is 0 Å². The molecule has 24 heavy (non-hydrogen) atoms. The summed E-state index contributed by atoms with van der Waals surface area (Å²) in [7, 11) is 0. The number of rotatable bonds is 3. The zero-order valence-corrected chi connectivity index (χ0v) is 15.6. The molecule has 118 valence electrons. The van der Waals surface area contributed by atoms with Crippen LogP contribution in [0, 0.1) is 0 Å². The van der Waals surface area contributed by atoms with Crippen LogP contribution in [0.3, 0.4) is 0 Å². The summed E-state index contributed by atoms with van der Waals surface area (Å²) in [5.41, 5.74) is 4.24. The van der Waals surface area contributed by atoms with Gasteiger partial charge in [-0.1, -0.05) is 53.7 Å². The third kappa shape index (κ3) is 3.11. The summed E-state index contributed by atoms with van der Waals surface area (Å²) >= 11 is 11.4. The van der Waals surface area contributed by atoms with Crippen LogP contribution in [-0.4, -0.2) is 15.7 Å². The number of halogens is 2. The summed E-state index contributed by atoms with van der Waals surface area (Å²) in [4.78, 5) is 14.2. The highest BCUT2D eigenvalue weighted by Crippen LogP contribution is 2.37. The van der Waals surface area contributed by atoms with E-state index in [4.69, 9.17) is 16.6 Å². The Morgan fingerprint density at radius 1 is 1.00 bits per heavy atom. The summed E-state index contributed by atoms with van der Waals surface area (Å²) in [5.74, 6) is 0. The molecule has 1 aliphatic heterocycles. The maximum absolute atomic E-state index is 6.65. The number of hydrogen-bond donors (Lipinski definition) is 0. The lowest BCUT2D eigenvalue weighted by Gasteiger charge is -2.09. The van der Waals surface area contributed by atoms with Crippen molar-refractivity contribution in [3.8, 4) is 0 Å². The molecule has 0 atom stereocenters. The van der Waals surface area contributed by atoms with Crippen LogP contribution >= 0.6 is 39.3 Å². The molecule has 6 heteroatoms. The van der Waals surface area contributed by atoms with E-state index >= 15 is 0 Å². The largest absolute Gasteiger partial charge is 0.252 e. The van der Waals surface area contributed by atoms with E-state index in [1.807, 2.05) is 36.4 Å². The molecule has 0 aliphatic carbocycles. The molecule has 0 amide bonds. The topological polar surface area (TPSA) is 38.1 Å². The molecular formula is C18H11BrClN3S. The quantitative estimate of drug-likeness (QED) is 0.548.